The maximum atomic E-state index is 9.07. The zero-order valence-electron chi connectivity index (χ0n) is 9.43. The first kappa shape index (κ1) is 10.2. The number of allylic oxidation sites excluding steroid dienone is 1. The van der Waals surface area contributed by atoms with Gasteiger partial charge in [-0.05, 0) is 18.4 Å². The molecule has 1 aliphatic carbocycles. The van der Waals surface area contributed by atoms with Crippen LogP contribution in [0.15, 0.2) is 42.4 Å². The fraction of sp³-hybridized carbons (Fsp3) is 0.357. The lowest BCUT2D eigenvalue weighted by Gasteiger charge is -2.13. The molecule has 1 saturated carbocycles. The largest absolute Gasteiger partial charge is 0.459 e. The Balaban J connectivity index is 1.62. The smallest absolute Gasteiger partial charge is 0.244 e. The van der Waals surface area contributed by atoms with Gasteiger partial charge in [-0.15, -0.1) is 0 Å². The topological polar surface area (TPSA) is 42.2 Å². The van der Waals surface area contributed by atoms with Crippen molar-refractivity contribution in [2.75, 3.05) is 0 Å². The molecule has 1 aromatic carbocycles. The zero-order valence-corrected chi connectivity index (χ0v) is 9.43. The molecule has 0 amide bonds. The van der Waals surface area contributed by atoms with Crippen LogP contribution >= 0.6 is 0 Å². The number of hydrogen-bond acceptors (Lipinski definition) is 3. The van der Waals surface area contributed by atoms with E-state index in [-0.39, 0.29) is 11.7 Å². The number of nitrogens with zero attached hydrogens (tertiary/aromatic N) is 1. The van der Waals surface area contributed by atoms with Crippen molar-refractivity contribution in [1.82, 2.24) is 0 Å². The van der Waals surface area contributed by atoms with Crippen LogP contribution < -0.4 is 0 Å². The average molecular weight is 227 g/mol. The quantitative estimate of drug-likeness (QED) is 0.797. The second-order valence-electron chi connectivity index (χ2n) is 4.55. The SMILES string of the molecule is N#CC1(C2=COC(Cc3ccccc3)O2)CC1. The Kier molecular flexibility index (Phi) is 2.29. The van der Waals surface area contributed by atoms with E-state index in [0.717, 1.165) is 12.8 Å². The highest BCUT2D eigenvalue weighted by Gasteiger charge is 2.51. The van der Waals surface area contributed by atoms with E-state index in [0.29, 0.717) is 12.2 Å². The summed E-state index contributed by atoms with van der Waals surface area (Å²) in [6.07, 6.45) is 3.82. The summed E-state index contributed by atoms with van der Waals surface area (Å²) in [7, 11) is 0. The Morgan fingerprint density at radius 3 is 2.71 bits per heavy atom. The van der Waals surface area contributed by atoms with Crippen LogP contribution in [-0.4, -0.2) is 6.29 Å². The maximum absolute atomic E-state index is 9.07. The molecule has 3 nitrogen and oxygen atoms in total. The van der Waals surface area contributed by atoms with Crippen molar-refractivity contribution in [3.05, 3.63) is 47.9 Å². The van der Waals surface area contributed by atoms with E-state index in [1.807, 2.05) is 30.3 Å². The molecule has 1 aliphatic heterocycles. The summed E-state index contributed by atoms with van der Waals surface area (Å²) in [6, 6.07) is 12.4. The van der Waals surface area contributed by atoms with Gasteiger partial charge in [0.1, 0.15) is 11.7 Å². The number of ether oxygens (including phenoxy) is 2. The van der Waals surface area contributed by atoms with Gasteiger partial charge in [-0.3, -0.25) is 0 Å². The molecular formula is C14H13NO2. The van der Waals surface area contributed by atoms with E-state index >= 15 is 0 Å². The Bertz CT molecular complexity index is 483. The van der Waals surface area contributed by atoms with Crippen LogP contribution in [0, 0.1) is 16.7 Å². The van der Waals surface area contributed by atoms with E-state index < -0.39 is 0 Å². The van der Waals surface area contributed by atoms with Crippen LogP contribution in [0.1, 0.15) is 18.4 Å². The summed E-state index contributed by atoms with van der Waals surface area (Å²) in [6.45, 7) is 0. The fourth-order valence-electron chi connectivity index (χ4n) is 2.00. The van der Waals surface area contributed by atoms with Gasteiger partial charge in [0, 0.05) is 6.42 Å². The van der Waals surface area contributed by atoms with Gasteiger partial charge >= 0.3 is 0 Å². The van der Waals surface area contributed by atoms with Crippen LogP contribution in [0.2, 0.25) is 0 Å². The minimum atomic E-state index is -0.383. The fourth-order valence-corrected chi connectivity index (χ4v) is 2.00. The highest BCUT2D eigenvalue weighted by atomic mass is 16.7. The van der Waals surface area contributed by atoms with E-state index in [1.54, 1.807) is 6.26 Å². The van der Waals surface area contributed by atoms with Gasteiger partial charge < -0.3 is 9.47 Å². The predicted octanol–water partition coefficient (Wildman–Crippen LogP) is 2.75. The molecule has 1 unspecified atom stereocenters. The zero-order chi connectivity index (χ0) is 11.7. The summed E-state index contributed by atoms with van der Waals surface area (Å²) in [5.74, 6) is 0.709. The number of rotatable bonds is 3. The molecule has 3 heteroatoms. The highest BCUT2D eigenvalue weighted by Crippen LogP contribution is 2.53. The molecule has 1 aromatic rings. The second kappa shape index (κ2) is 3.81. The molecule has 3 rings (SSSR count). The molecular weight excluding hydrogens is 214 g/mol. The van der Waals surface area contributed by atoms with E-state index in [2.05, 4.69) is 6.07 Å². The van der Waals surface area contributed by atoms with Crippen LogP contribution in [0.3, 0.4) is 0 Å². The third-order valence-corrected chi connectivity index (χ3v) is 3.27. The molecule has 0 saturated heterocycles. The lowest BCUT2D eigenvalue weighted by atomic mass is 10.1. The molecule has 0 radical (unpaired) electrons. The Labute approximate surface area is 100 Å². The monoisotopic (exact) mass is 227 g/mol. The lowest BCUT2D eigenvalue weighted by molar-refractivity contribution is -0.0352. The van der Waals surface area contributed by atoms with Crippen LogP contribution in [0.4, 0.5) is 0 Å². The summed E-state index contributed by atoms with van der Waals surface area (Å²) < 4.78 is 11.2. The Morgan fingerprint density at radius 2 is 2.06 bits per heavy atom. The van der Waals surface area contributed by atoms with Gasteiger partial charge in [-0.25, -0.2) is 0 Å². The van der Waals surface area contributed by atoms with E-state index in [4.69, 9.17) is 14.7 Å². The molecule has 0 aromatic heterocycles. The van der Waals surface area contributed by atoms with Crippen molar-refractivity contribution in [3.8, 4) is 6.07 Å². The van der Waals surface area contributed by atoms with Crippen LogP contribution in [0.25, 0.3) is 0 Å². The molecule has 0 N–H and O–H groups in total. The van der Waals surface area contributed by atoms with Crippen molar-refractivity contribution < 1.29 is 9.47 Å². The standard InChI is InChI=1S/C14H13NO2/c15-10-14(6-7-14)12-9-16-13(17-12)8-11-4-2-1-3-5-11/h1-5,9,13H,6-8H2. The highest BCUT2D eigenvalue weighted by molar-refractivity contribution is 5.27. The van der Waals surface area contributed by atoms with Gasteiger partial charge in [-0.2, -0.15) is 5.26 Å². The van der Waals surface area contributed by atoms with Gasteiger partial charge in [0.25, 0.3) is 0 Å². The summed E-state index contributed by atoms with van der Waals surface area (Å²) in [5, 5.41) is 9.07. The van der Waals surface area contributed by atoms with Crippen molar-refractivity contribution in [2.45, 2.75) is 25.6 Å². The average Bonchev–Trinajstić information content (AvgIpc) is 3.05. The first-order chi connectivity index (χ1) is 8.32. The third-order valence-electron chi connectivity index (χ3n) is 3.27. The summed E-state index contributed by atoms with van der Waals surface area (Å²) >= 11 is 0. The van der Waals surface area contributed by atoms with Crippen LogP contribution in [-0.2, 0) is 15.9 Å². The second-order valence-corrected chi connectivity index (χ2v) is 4.55. The first-order valence-corrected chi connectivity index (χ1v) is 5.80. The van der Waals surface area contributed by atoms with Gasteiger partial charge in [0.05, 0.1) is 6.07 Å². The van der Waals surface area contributed by atoms with Crippen LogP contribution in [0.5, 0.6) is 0 Å². The molecule has 1 heterocycles. The first-order valence-electron chi connectivity index (χ1n) is 5.80. The molecule has 1 fully saturated rings. The van der Waals surface area contributed by atoms with Crippen molar-refractivity contribution in [3.63, 3.8) is 0 Å². The molecule has 1 atom stereocenters. The minimum absolute atomic E-state index is 0.279. The molecule has 2 aliphatic rings. The van der Waals surface area contributed by atoms with E-state index in [9.17, 15) is 0 Å². The van der Waals surface area contributed by atoms with Crippen molar-refractivity contribution >= 4 is 0 Å². The van der Waals surface area contributed by atoms with Crippen molar-refractivity contribution in [1.29, 1.82) is 5.26 Å². The minimum Gasteiger partial charge on any atom is -0.459 e. The molecule has 0 spiro atoms. The lowest BCUT2D eigenvalue weighted by Crippen LogP contribution is -2.14. The van der Waals surface area contributed by atoms with E-state index in [1.165, 1.54) is 5.56 Å². The number of benzene rings is 1. The Morgan fingerprint density at radius 1 is 1.29 bits per heavy atom. The predicted molar refractivity (Wildman–Crippen MR) is 61.5 cm³/mol. The molecule has 17 heavy (non-hydrogen) atoms. The molecule has 86 valence electrons. The van der Waals surface area contributed by atoms with Gasteiger partial charge in [0.2, 0.25) is 6.29 Å². The van der Waals surface area contributed by atoms with Gasteiger partial charge in [0.15, 0.2) is 5.76 Å². The Hall–Kier alpha value is -1.95. The third kappa shape index (κ3) is 1.87. The van der Waals surface area contributed by atoms with Gasteiger partial charge in [-0.1, -0.05) is 30.3 Å². The molecule has 0 bridgehead atoms. The maximum Gasteiger partial charge on any atom is 0.244 e. The summed E-state index contributed by atoms with van der Waals surface area (Å²) in [5.41, 5.74) is 0.791. The summed E-state index contributed by atoms with van der Waals surface area (Å²) in [4.78, 5) is 0. The number of hydrogen-bond donors (Lipinski definition) is 0. The number of nitriles is 1. The van der Waals surface area contributed by atoms with Crippen molar-refractivity contribution in [2.24, 2.45) is 5.41 Å². The normalized spacial score (nSPS) is 24.2.